The molecule has 114 valence electrons. The number of ether oxygens (including phenoxy) is 1. The summed E-state index contributed by atoms with van der Waals surface area (Å²) in [7, 11) is 1.61. The lowest BCUT2D eigenvalue weighted by atomic mass is 10.3. The molecule has 0 radical (unpaired) electrons. The van der Waals surface area contributed by atoms with Gasteiger partial charge in [0.05, 0.1) is 12.4 Å². The molecule has 21 heavy (non-hydrogen) atoms. The molecule has 2 rings (SSSR count). The van der Waals surface area contributed by atoms with Crippen molar-refractivity contribution in [3.8, 4) is 0 Å². The number of aromatic nitrogens is 2. The molecule has 0 saturated carbocycles. The Morgan fingerprint density at radius 3 is 3.00 bits per heavy atom. The van der Waals surface area contributed by atoms with Gasteiger partial charge in [-0.1, -0.05) is 18.7 Å². The Hall–Kier alpha value is -1.18. The molecule has 0 aromatic carbocycles. The van der Waals surface area contributed by atoms with Gasteiger partial charge in [0.1, 0.15) is 15.7 Å². The molecular formula is C14H19N3O2S2. The van der Waals surface area contributed by atoms with E-state index in [1.54, 1.807) is 18.4 Å². The standard InChI is InChI=1S/C14H19N3O2S2/c1-4-10-7-11-13(16-9(2)17-14(11)21-10)20-8-12(18)15-5-6-19-3/h7H,4-6,8H2,1-3H3,(H,15,18). The van der Waals surface area contributed by atoms with Crippen LogP contribution >= 0.6 is 23.1 Å². The van der Waals surface area contributed by atoms with Gasteiger partial charge in [0.15, 0.2) is 0 Å². The topological polar surface area (TPSA) is 64.1 Å². The lowest BCUT2D eigenvalue weighted by molar-refractivity contribution is -0.118. The smallest absolute Gasteiger partial charge is 0.230 e. The van der Waals surface area contributed by atoms with Crippen molar-refractivity contribution in [3.05, 3.63) is 16.8 Å². The second kappa shape index (κ2) is 7.72. The second-order valence-electron chi connectivity index (χ2n) is 4.49. The van der Waals surface area contributed by atoms with Crippen molar-refractivity contribution in [2.45, 2.75) is 25.3 Å². The van der Waals surface area contributed by atoms with E-state index in [2.05, 4.69) is 28.3 Å². The average Bonchev–Trinajstić information content (AvgIpc) is 2.88. The Morgan fingerprint density at radius 1 is 1.48 bits per heavy atom. The zero-order valence-corrected chi connectivity index (χ0v) is 14.1. The number of carbonyl (C=O) groups is 1. The quantitative estimate of drug-likeness (QED) is 0.481. The van der Waals surface area contributed by atoms with Crippen molar-refractivity contribution in [1.29, 1.82) is 0 Å². The Labute approximate surface area is 132 Å². The van der Waals surface area contributed by atoms with E-state index in [1.807, 2.05) is 6.92 Å². The number of hydrogen-bond acceptors (Lipinski definition) is 6. The van der Waals surface area contributed by atoms with Crippen molar-refractivity contribution in [2.75, 3.05) is 26.0 Å². The fourth-order valence-electron chi connectivity index (χ4n) is 1.81. The van der Waals surface area contributed by atoms with Crippen LogP contribution in [0.2, 0.25) is 0 Å². The molecule has 1 N–H and O–H groups in total. The zero-order chi connectivity index (χ0) is 15.2. The molecule has 0 saturated heterocycles. The van der Waals surface area contributed by atoms with Crippen LogP contribution in [0.5, 0.6) is 0 Å². The zero-order valence-electron chi connectivity index (χ0n) is 12.4. The highest BCUT2D eigenvalue weighted by molar-refractivity contribution is 8.00. The molecule has 2 aromatic rings. The molecule has 0 atom stereocenters. The first-order valence-corrected chi connectivity index (χ1v) is 8.59. The van der Waals surface area contributed by atoms with Crippen LogP contribution in [-0.2, 0) is 16.0 Å². The number of nitrogens with one attached hydrogen (secondary N) is 1. The Morgan fingerprint density at radius 2 is 2.29 bits per heavy atom. The van der Waals surface area contributed by atoms with Gasteiger partial charge in [-0.25, -0.2) is 9.97 Å². The van der Waals surface area contributed by atoms with Crippen LogP contribution in [0.15, 0.2) is 11.1 Å². The molecule has 0 aliphatic heterocycles. The van der Waals surface area contributed by atoms with E-state index in [0.29, 0.717) is 18.9 Å². The van der Waals surface area contributed by atoms with Gasteiger partial charge in [-0.2, -0.15) is 0 Å². The molecule has 1 amide bonds. The monoisotopic (exact) mass is 325 g/mol. The van der Waals surface area contributed by atoms with Crippen molar-refractivity contribution < 1.29 is 9.53 Å². The third-order valence-corrected chi connectivity index (χ3v) is 5.00. The second-order valence-corrected chi connectivity index (χ2v) is 6.57. The van der Waals surface area contributed by atoms with Crippen LogP contribution in [0.4, 0.5) is 0 Å². The van der Waals surface area contributed by atoms with E-state index in [0.717, 1.165) is 27.5 Å². The molecule has 5 nitrogen and oxygen atoms in total. The fraction of sp³-hybridized carbons (Fsp3) is 0.500. The number of methoxy groups -OCH3 is 1. The van der Waals surface area contributed by atoms with E-state index in [9.17, 15) is 4.79 Å². The van der Waals surface area contributed by atoms with Gasteiger partial charge in [0.2, 0.25) is 5.91 Å². The minimum atomic E-state index is -0.00703. The number of carbonyl (C=O) groups excluding carboxylic acids is 1. The van der Waals surface area contributed by atoms with E-state index in [-0.39, 0.29) is 5.91 Å². The maximum Gasteiger partial charge on any atom is 0.230 e. The number of thiophene rings is 1. The Kier molecular flexibility index (Phi) is 5.96. The summed E-state index contributed by atoms with van der Waals surface area (Å²) in [5.41, 5.74) is 0. The number of amides is 1. The van der Waals surface area contributed by atoms with Crippen LogP contribution < -0.4 is 5.32 Å². The summed E-state index contributed by atoms with van der Waals surface area (Å²) < 4.78 is 4.90. The van der Waals surface area contributed by atoms with E-state index in [4.69, 9.17) is 4.74 Å². The Bertz CT molecular complexity index is 628. The summed E-state index contributed by atoms with van der Waals surface area (Å²) in [4.78, 5) is 23.0. The van der Waals surface area contributed by atoms with E-state index >= 15 is 0 Å². The van der Waals surface area contributed by atoms with Crippen LogP contribution in [-0.4, -0.2) is 41.9 Å². The van der Waals surface area contributed by atoms with Gasteiger partial charge in [-0.15, -0.1) is 11.3 Å². The summed E-state index contributed by atoms with van der Waals surface area (Å²) >= 11 is 3.15. The largest absolute Gasteiger partial charge is 0.383 e. The number of hydrogen-bond donors (Lipinski definition) is 1. The summed E-state index contributed by atoms with van der Waals surface area (Å²) in [6.07, 6.45) is 0.988. The summed E-state index contributed by atoms with van der Waals surface area (Å²) in [6, 6.07) is 2.13. The SMILES string of the molecule is CCc1cc2c(SCC(=O)NCCOC)nc(C)nc2s1. The molecule has 0 fully saturated rings. The van der Waals surface area contributed by atoms with Gasteiger partial charge in [0, 0.05) is 23.9 Å². The fourth-order valence-corrected chi connectivity index (χ4v) is 3.76. The molecule has 0 bridgehead atoms. The molecule has 0 unspecified atom stereocenters. The van der Waals surface area contributed by atoms with E-state index in [1.165, 1.54) is 16.6 Å². The van der Waals surface area contributed by atoms with Crippen LogP contribution in [0.25, 0.3) is 10.2 Å². The van der Waals surface area contributed by atoms with Crippen LogP contribution in [0.1, 0.15) is 17.6 Å². The highest BCUT2D eigenvalue weighted by Crippen LogP contribution is 2.31. The third kappa shape index (κ3) is 4.39. The third-order valence-electron chi connectivity index (χ3n) is 2.84. The maximum atomic E-state index is 11.7. The number of aryl methyl sites for hydroxylation is 2. The molecule has 0 spiro atoms. The van der Waals surface area contributed by atoms with Gasteiger partial charge >= 0.3 is 0 Å². The number of fused-ring (bicyclic) bond motifs is 1. The lowest BCUT2D eigenvalue weighted by Crippen LogP contribution is -2.28. The first-order chi connectivity index (χ1) is 10.1. The predicted octanol–water partition coefficient (Wildman–Crippen LogP) is 2.42. The number of nitrogens with zero attached hydrogens (tertiary/aromatic N) is 2. The summed E-state index contributed by atoms with van der Waals surface area (Å²) in [6.45, 7) is 5.07. The van der Waals surface area contributed by atoms with Crippen LogP contribution in [0.3, 0.4) is 0 Å². The minimum Gasteiger partial charge on any atom is -0.383 e. The van der Waals surface area contributed by atoms with Crippen molar-refractivity contribution in [1.82, 2.24) is 15.3 Å². The molecular weight excluding hydrogens is 306 g/mol. The summed E-state index contributed by atoms with van der Waals surface area (Å²) in [5, 5.41) is 4.74. The average molecular weight is 325 g/mol. The molecule has 2 aromatic heterocycles. The Balaban J connectivity index is 2.07. The summed E-state index contributed by atoms with van der Waals surface area (Å²) in [5.74, 6) is 1.09. The molecule has 0 aliphatic rings. The first kappa shape index (κ1) is 16.2. The maximum absolute atomic E-state index is 11.7. The molecule has 7 heteroatoms. The lowest BCUT2D eigenvalue weighted by Gasteiger charge is -2.05. The van der Waals surface area contributed by atoms with Gasteiger partial charge < -0.3 is 10.1 Å². The minimum absolute atomic E-state index is 0.00703. The number of rotatable bonds is 7. The normalized spacial score (nSPS) is 11.0. The first-order valence-electron chi connectivity index (χ1n) is 6.79. The van der Waals surface area contributed by atoms with Crippen LogP contribution in [0, 0.1) is 6.92 Å². The molecule has 0 aliphatic carbocycles. The molecule has 2 heterocycles. The van der Waals surface area contributed by atoms with Gasteiger partial charge in [-0.3, -0.25) is 4.79 Å². The van der Waals surface area contributed by atoms with Crippen molar-refractivity contribution in [2.24, 2.45) is 0 Å². The predicted molar refractivity (Wildman–Crippen MR) is 87.1 cm³/mol. The van der Waals surface area contributed by atoms with E-state index < -0.39 is 0 Å². The van der Waals surface area contributed by atoms with Gasteiger partial charge in [0.25, 0.3) is 0 Å². The van der Waals surface area contributed by atoms with Crippen molar-refractivity contribution >= 4 is 39.2 Å². The highest BCUT2D eigenvalue weighted by atomic mass is 32.2. The number of thioether (sulfide) groups is 1. The van der Waals surface area contributed by atoms with Crippen molar-refractivity contribution in [3.63, 3.8) is 0 Å². The van der Waals surface area contributed by atoms with Gasteiger partial charge in [-0.05, 0) is 19.4 Å². The highest BCUT2D eigenvalue weighted by Gasteiger charge is 2.12.